The molecule has 3 aromatic rings. The number of anilines is 1. The van der Waals surface area contributed by atoms with Crippen LogP contribution in [0, 0.1) is 0 Å². The van der Waals surface area contributed by atoms with E-state index >= 15 is 0 Å². The van der Waals surface area contributed by atoms with Crippen molar-refractivity contribution >= 4 is 41.2 Å². The molecule has 1 aromatic heterocycles. The molecule has 5 N–H and O–H groups in total. The first-order chi connectivity index (χ1) is 18.4. The van der Waals surface area contributed by atoms with Crippen LogP contribution in [0.1, 0.15) is 22.5 Å². The van der Waals surface area contributed by atoms with E-state index in [4.69, 9.17) is 9.90 Å². The molecular weight excluding hydrogens is 541 g/mol. The number of aliphatic carboxylic acids is 2. The van der Waals surface area contributed by atoms with E-state index in [1.165, 1.54) is 18.1 Å². The summed E-state index contributed by atoms with van der Waals surface area (Å²) in [5.41, 5.74) is 2.84. The molecule has 0 spiro atoms. The number of benzene rings is 2. The van der Waals surface area contributed by atoms with E-state index < -0.39 is 30.1 Å². The van der Waals surface area contributed by atoms with Gasteiger partial charge in [-0.3, -0.25) is 9.59 Å². The number of nitrogens with one attached hydrogen (secondary N) is 3. The van der Waals surface area contributed by atoms with Gasteiger partial charge >= 0.3 is 18.1 Å². The highest BCUT2D eigenvalue weighted by Crippen LogP contribution is 2.27. The highest BCUT2D eigenvalue weighted by atomic mass is 32.2. The lowest BCUT2D eigenvalue weighted by Gasteiger charge is -2.17. The van der Waals surface area contributed by atoms with Gasteiger partial charge in [-0.05, 0) is 47.8 Å². The highest BCUT2D eigenvalue weighted by molar-refractivity contribution is 7.98. The molecule has 39 heavy (non-hydrogen) atoms. The monoisotopic (exact) mass is 566 g/mol. The summed E-state index contributed by atoms with van der Waals surface area (Å²) in [7, 11) is 0. The third-order valence-corrected chi connectivity index (χ3v) is 5.63. The Morgan fingerprint density at radius 1 is 1.08 bits per heavy atom. The van der Waals surface area contributed by atoms with Gasteiger partial charge in [0, 0.05) is 17.4 Å². The minimum Gasteiger partial charge on any atom is -0.480 e. The summed E-state index contributed by atoms with van der Waals surface area (Å²) >= 11 is 1.52. The Labute approximate surface area is 225 Å². The molecule has 0 unspecified atom stereocenters. The van der Waals surface area contributed by atoms with Gasteiger partial charge in [-0.15, -0.1) is 0 Å². The van der Waals surface area contributed by atoms with Gasteiger partial charge in [0.1, 0.15) is 6.04 Å². The van der Waals surface area contributed by atoms with Crippen molar-refractivity contribution in [3.8, 4) is 11.1 Å². The van der Waals surface area contributed by atoms with Crippen LogP contribution in [0.25, 0.3) is 11.1 Å². The standard InChI is InChI=1S/C23H24N4O4S.C2HF3O2/c1-32-10-9-20(23(30)31)27-22(29)18-8-7-16(11-19(18)15-5-3-2-4-6-15)26-21(28)12-17-13-24-14-25-17;3-2(4,5)1(6)7/h2-8,11,13-14,20H,9-10,12H2,1H3,(H,24,25)(H,26,28)(H,27,29)(H,30,31);(H,6,7)/t20-;/m0./s1. The Kier molecular flexibility index (Phi) is 11.5. The van der Waals surface area contributed by atoms with Crippen molar-refractivity contribution in [3.05, 3.63) is 72.3 Å². The van der Waals surface area contributed by atoms with Crippen molar-refractivity contribution in [1.29, 1.82) is 0 Å². The van der Waals surface area contributed by atoms with Gasteiger partial charge in [0.25, 0.3) is 5.91 Å². The van der Waals surface area contributed by atoms with Gasteiger partial charge < -0.3 is 25.8 Å². The van der Waals surface area contributed by atoms with E-state index in [-0.39, 0.29) is 12.3 Å². The van der Waals surface area contributed by atoms with Gasteiger partial charge in [0.05, 0.1) is 18.4 Å². The molecule has 2 aromatic carbocycles. The maximum atomic E-state index is 13.0. The van der Waals surface area contributed by atoms with Crippen molar-refractivity contribution < 1.29 is 42.6 Å². The minimum absolute atomic E-state index is 0.113. The number of rotatable bonds is 10. The van der Waals surface area contributed by atoms with Crippen LogP contribution in [0.3, 0.4) is 0 Å². The van der Waals surface area contributed by atoms with Crippen LogP contribution >= 0.6 is 11.8 Å². The number of carbonyl (C=O) groups excluding carboxylic acids is 2. The number of hydrogen-bond acceptors (Lipinski definition) is 6. The number of carboxylic acids is 2. The Morgan fingerprint density at radius 2 is 1.74 bits per heavy atom. The lowest BCUT2D eigenvalue weighted by molar-refractivity contribution is -0.192. The van der Waals surface area contributed by atoms with E-state index in [2.05, 4.69) is 20.6 Å². The molecule has 0 aliphatic rings. The topological polar surface area (TPSA) is 161 Å². The van der Waals surface area contributed by atoms with E-state index in [9.17, 15) is 32.7 Å². The molecule has 3 rings (SSSR count). The average Bonchev–Trinajstić information content (AvgIpc) is 3.39. The summed E-state index contributed by atoms with van der Waals surface area (Å²) in [6.45, 7) is 0. The zero-order chi connectivity index (χ0) is 29.0. The van der Waals surface area contributed by atoms with Gasteiger partial charge in [0.2, 0.25) is 5.91 Å². The summed E-state index contributed by atoms with van der Waals surface area (Å²) < 4.78 is 31.7. The largest absolute Gasteiger partial charge is 0.490 e. The Bertz CT molecular complexity index is 1270. The maximum absolute atomic E-state index is 13.0. The van der Waals surface area contributed by atoms with Crippen molar-refractivity contribution in [2.45, 2.75) is 25.1 Å². The number of carbonyl (C=O) groups is 4. The Morgan fingerprint density at radius 3 is 2.28 bits per heavy atom. The number of imidazole rings is 1. The molecule has 0 bridgehead atoms. The predicted octanol–water partition coefficient (Wildman–Crippen LogP) is 3.83. The molecule has 0 saturated heterocycles. The van der Waals surface area contributed by atoms with E-state index in [1.54, 1.807) is 24.4 Å². The number of nitrogens with zero attached hydrogens (tertiary/aromatic N) is 1. The quantitative estimate of drug-likeness (QED) is 0.247. The van der Waals surface area contributed by atoms with Crippen LogP contribution in [-0.2, 0) is 20.8 Å². The second-order valence-electron chi connectivity index (χ2n) is 7.86. The number of H-pyrrole nitrogens is 1. The number of aromatic amines is 1. The number of hydrogen-bond donors (Lipinski definition) is 5. The maximum Gasteiger partial charge on any atom is 0.490 e. The highest BCUT2D eigenvalue weighted by Gasteiger charge is 2.38. The second-order valence-corrected chi connectivity index (χ2v) is 8.85. The fourth-order valence-electron chi connectivity index (χ4n) is 3.16. The van der Waals surface area contributed by atoms with Crippen molar-refractivity contribution in [1.82, 2.24) is 15.3 Å². The van der Waals surface area contributed by atoms with Gasteiger partial charge in [-0.25, -0.2) is 14.6 Å². The fraction of sp³-hybridized carbons (Fsp3) is 0.240. The molecule has 0 radical (unpaired) electrons. The number of carboxylic acid groups (broad SMARTS) is 2. The molecule has 14 heteroatoms. The zero-order valence-electron chi connectivity index (χ0n) is 20.5. The Balaban J connectivity index is 0.000000673. The zero-order valence-corrected chi connectivity index (χ0v) is 21.3. The lowest BCUT2D eigenvalue weighted by atomic mass is 9.98. The fourth-order valence-corrected chi connectivity index (χ4v) is 3.63. The average molecular weight is 567 g/mol. The molecule has 208 valence electrons. The summed E-state index contributed by atoms with van der Waals surface area (Å²) in [6.07, 6.45) is 0.394. The first-order valence-corrected chi connectivity index (χ1v) is 12.6. The molecule has 0 saturated carbocycles. The summed E-state index contributed by atoms with van der Waals surface area (Å²) in [6, 6.07) is 13.2. The molecule has 0 fully saturated rings. The van der Waals surface area contributed by atoms with Gasteiger partial charge in [-0.2, -0.15) is 24.9 Å². The first kappa shape index (κ1) is 30.9. The molecule has 0 aliphatic carbocycles. The first-order valence-electron chi connectivity index (χ1n) is 11.2. The van der Waals surface area contributed by atoms with E-state index in [1.807, 2.05) is 36.6 Å². The van der Waals surface area contributed by atoms with E-state index in [0.29, 0.717) is 34.7 Å². The molecule has 10 nitrogen and oxygen atoms in total. The number of aromatic nitrogens is 2. The summed E-state index contributed by atoms with van der Waals surface area (Å²) in [4.78, 5) is 52.6. The minimum atomic E-state index is -5.08. The normalized spacial score (nSPS) is 11.5. The molecular formula is C25H25F3N4O6S. The Hall–Kier alpha value is -4.33. The SMILES string of the molecule is CSCC[C@H](NC(=O)c1ccc(NC(=O)Cc2c[nH]cn2)cc1-c1ccccc1)C(=O)O.O=C(O)C(F)(F)F. The van der Waals surface area contributed by atoms with Gasteiger partial charge in [-0.1, -0.05) is 30.3 Å². The molecule has 1 atom stereocenters. The van der Waals surface area contributed by atoms with Crippen LogP contribution in [0.15, 0.2) is 61.1 Å². The third kappa shape index (κ3) is 10.2. The summed E-state index contributed by atoms with van der Waals surface area (Å²) in [5, 5.41) is 22.0. The number of alkyl halides is 3. The second kappa shape index (κ2) is 14.6. The molecule has 1 heterocycles. The van der Waals surface area contributed by atoms with Crippen LogP contribution in [0.5, 0.6) is 0 Å². The van der Waals surface area contributed by atoms with Crippen molar-refractivity contribution in [3.63, 3.8) is 0 Å². The predicted molar refractivity (Wildman–Crippen MR) is 138 cm³/mol. The van der Waals surface area contributed by atoms with Crippen LogP contribution < -0.4 is 10.6 Å². The third-order valence-electron chi connectivity index (χ3n) is 4.99. The van der Waals surface area contributed by atoms with Crippen LogP contribution in [0.2, 0.25) is 0 Å². The number of thioether (sulfide) groups is 1. The lowest BCUT2D eigenvalue weighted by Crippen LogP contribution is -2.41. The van der Waals surface area contributed by atoms with Crippen LogP contribution in [-0.4, -0.2) is 68.2 Å². The van der Waals surface area contributed by atoms with Crippen molar-refractivity contribution in [2.75, 3.05) is 17.3 Å². The summed E-state index contributed by atoms with van der Waals surface area (Å²) in [5.74, 6) is -3.93. The van der Waals surface area contributed by atoms with Gasteiger partial charge in [0.15, 0.2) is 0 Å². The number of halogens is 3. The van der Waals surface area contributed by atoms with Crippen molar-refractivity contribution in [2.24, 2.45) is 0 Å². The molecule has 2 amide bonds. The van der Waals surface area contributed by atoms with E-state index in [0.717, 1.165) is 5.56 Å². The smallest absolute Gasteiger partial charge is 0.480 e. The van der Waals surface area contributed by atoms with Crippen LogP contribution in [0.4, 0.5) is 18.9 Å². The molecule has 0 aliphatic heterocycles. The number of amides is 2.